The molecule has 6 atom stereocenters. The Morgan fingerprint density at radius 3 is 2.68 bits per heavy atom. The Morgan fingerprint density at radius 2 is 2.08 bits per heavy atom. The normalized spacial score (nSPS) is 28.8. The Hall–Kier alpha value is -2.29. The van der Waals surface area contributed by atoms with Crippen LogP contribution in [0.3, 0.4) is 0 Å². The van der Waals surface area contributed by atoms with Crippen molar-refractivity contribution in [2.24, 2.45) is 17.8 Å². The molecule has 0 saturated carbocycles. The van der Waals surface area contributed by atoms with Crippen molar-refractivity contribution in [1.29, 1.82) is 0 Å². The molecule has 1 aromatic carbocycles. The van der Waals surface area contributed by atoms with Crippen molar-refractivity contribution in [3.63, 3.8) is 0 Å². The number of carbonyl (C=O) groups excluding carboxylic acids is 3. The van der Waals surface area contributed by atoms with E-state index in [1.807, 2.05) is 32.9 Å². The highest BCUT2D eigenvalue weighted by molar-refractivity contribution is 8.02. The number of hydrogen-bond acceptors (Lipinski definition) is 6. The van der Waals surface area contributed by atoms with E-state index in [1.54, 1.807) is 33.7 Å². The Balaban J connectivity index is 1.85. The van der Waals surface area contributed by atoms with Crippen LogP contribution in [-0.4, -0.2) is 69.6 Å². The second-order valence-electron chi connectivity index (χ2n) is 10.4. The van der Waals surface area contributed by atoms with E-state index in [1.165, 1.54) is 6.08 Å². The minimum absolute atomic E-state index is 0.0663. The number of para-hydroxylation sites is 1. The molecule has 0 radical (unpaired) electrons. The Labute approximate surface area is 227 Å². The molecule has 1 spiro atoms. The highest BCUT2D eigenvalue weighted by Crippen LogP contribution is 2.67. The van der Waals surface area contributed by atoms with Gasteiger partial charge in [0.15, 0.2) is 0 Å². The maximum Gasteiger partial charge on any atom is 0.311 e. The number of ether oxygens (including phenoxy) is 1. The summed E-state index contributed by atoms with van der Waals surface area (Å²) in [5, 5.41) is 10.7. The number of rotatable bonds is 10. The van der Waals surface area contributed by atoms with E-state index in [-0.39, 0.29) is 42.7 Å². The molecule has 3 fully saturated rings. The lowest BCUT2D eigenvalue weighted by Crippen LogP contribution is -2.58. The van der Waals surface area contributed by atoms with Gasteiger partial charge in [0, 0.05) is 11.8 Å². The lowest BCUT2D eigenvalue weighted by atomic mass is 9.71. The number of esters is 1. The van der Waals surface area contributed by atoms with E-state index in [2.05, 4.69) is 13.2 Å². The minimum Gasteiger partial charge on any atom is -0.461 e. The summed E-state index contributed by atoms with van der Waals surface area (Å²) in [5.74, 6) is -2.43. The standard InChI is InChI=1S/C28H35ClN2O5S/c1-6-13-30(23-17(5)9-8-10-18(23)29)26(34)24-28-12-11-20(37-28)21(27(35)36-14-7-2)22(28)25(33)31(24)19(15-32)16(3)4/h6-10,16,19-22,24,32H,1-2,11-15H2,3-5H3/t19-,20-,21+,22-,24?,28?/m0/s1. The third-order valence-electron chi connectivity index (χ3n) is 7.94. The van der Waals surface area contributed by atoms with E-state index in [0.717, 1.165) is 5.56 Å². The zero-order valence-electron chi connectivity index (χ0n) is 21.6. The number of aliphatic hydroxyl groups excluding tert-OH is 1. The van der Waals surface area contributed by atoms with Crippen molar-refractivity contribution < 1.29 is 24.2 Å². The van der Waals surface area contributed by atoms with Crippen LogP contribution in [0.5, 0.6) is 0 Å². The Kier molecular flexibility index (Phi) is 8.12. The van der Waals surface area contributed by atoms with Crippen molar-refractivity contribution >= 4 is 46.8 Å². The van der Waals surface area contributed by atoms with E-state index < -0.39 is 34.6 Å². The predicted molar refractivity (Wildman–Crippen MR) is 147 cm³/mol. The SMILES string of the molecule is C=CCOC(=O)[C@@H]1[C@@H]2CCC3(S2)C(C(=O)N(CC=C)c2c(C)cccc2Cl)N([C@@H](CO)C(C)C)C(=O)[C@H]13. The summed E-state index contributed by atoms with van der Waals surface area (Å²) in [6.45, 7) is 13.2. The zero-order valence-corrected chi connectivity index (χ0v) is 23.1. The summed E-state index contributed by atoms with van der Waals surface area (Å²) >= 11 is 8.16. The van der Waals surface area contributed by atoms with Crippen LogP contribution in [0.4, 0.5) is 5.69 Å². The van der Waals surface area contributed by atoms with Crippen molar-refractivity contribution in [2.45, 2.75) is 55.7 Å². The van der Waals surface area contributed by atoms with Crippen molar-refractivity contribution in [1.82, 2.24) is 4.90 Å². The van der Waals surface area contributed by atoms with Crippen molar-refractivity contribution in [3.05, 3.63) is 54.1 Å². The van der Waals surface area contributed by atoms with Gasteiger partial charge in [-0.15, -0.1) is 18.3 Å². The van der Waals surface area contributed by atoms with Crippen LogP contribution in [0, 0.1) is 24.7 Å². The molecule has 3 aliphatic rings. The van der Waals surface area contributed by atoms with Gasteiger partial charge in [-0.25, -0.2) is 0 Å². The second-order valence-corrected chi connectivity index (χ2v) is 12.4. The second kappa shape index (κ2) is 10.8. The monoisotopic (exact) mass is 546 g/mol. The molecule has 3 aliphatic heterocycles. The molecule has 2 unspecified atom stereocenters. The quantitative estimate of drug-likeness (QED) is 0.352. The van der Waals surface area contributed by atoms with Crippen LogP contribution >= 0.6 is 23.4 Å². The summed E-state index contributed by atoms with van der Waals surface area (Å²) in [5.41, 5.74) is 1.40. The first-order valence-electron chi connectivity index (χ1n) is 12.7. The van der Waals surface area contributed by atoms with E-state index in [9.17, 15) is 19.5 Å². The molecule has 200 valence electrons. The van der Waals surface area contributed by atoms with E-state index in [4.69, 9.17) is 16.3 Å². The third-order valence-corrected chi connectivity index (χ3v) is 10.2. The smallest absolute Gasteiger partial charge is 0.311 e. The fourth-order valence-corrected chi connectivity index (χ4v) is 8.90. The topological polar surface area (TPSA) is 87.2 Å². The molecule has 4 rings (SSSR count). The average molecular weight is 547 g/mol. The maximum absolute atomic E-state index is 14.6. The number of carbonyl (C=O) groups is 3. The molecule has 2 bridgehead atoms. The molecule has 1 aromatic rings. The fourth-order valence-electron chi connectivity index (χ4n) is 6.39. The molecule has 37 heavy (non-hydrogen) atoms. The van der Waals surface area contributed by atoms with Gasteiger partial charge in [0.1, 0.15) is 12.6 Å². The van der Waals surface area contributed by atoms with Crippen LogP contribution in [0.25, 0.3) is 0 Å². The number of hydrogen-bond donors (Lipinski definition) is 1. The number of anilines is 1. The Bertz CT molecular complexity index is 1090. The largest absolute Gasteiger partial charge is 0.461 e. The number of aryl methyl sites for hydroxylation is 1. The summed E-state index contributed by atoms with van der Waals surface area (Å²) < 4.78 is 4.62. The molecule has 1 N–H and O–H groups in total. The summed E-state index contributed by atoms with van der Waals surface area (Å²) in [6.07, 6.45) is 4.47. The predicted octanol–water partition coefficient (Wildman–Crippen LogP) is 4.00. The number of nitrogens with zero attached hydrogens (tertiary/aromatic N) is 2. The van der Waals surface area contributed by atoms with Crippen LogP contribution in [0.15, 0.2) is 43.5 Å². The molecule has 3 saturated heterocycles. The summed E-state index contributed by atoms with van der Waals surface area (Å²) in [4.78, 5) is 45.1. The van der Waals surface area contributed by atoms with Crippen molar-refractivity contribution in [3.8, 4) is 0 Å². The molecule has 9 heteroatoms. The van der Waals surface area contributed by atoms with Gasteiger partial charge in [-0.3, -0.25) is 14.4 Å². The van der Waals surface area contributed by atoms with Gasteiger partial charge in [0.05, 0.1) is 39.9 Å². The van der Waals surface area contributed by atoms with Crippen LogP contribution in [0.1, 0.15) is 32.3 Å². The highest BCUT2D eigenvalue weighted by atomic mass is 35.5. The number of benzene rings is 1. The Morgan fingerprint density at radius 1 is 1.35 bits per heavy atom. The maximum atomic E-state index is 14.6. The minimum atomic E-state index is -0.868. The highest BCUT2D eigenvalue weighted by Gasteiger charge is 2.75. The summed E-state index contributed by atoms with van der Waals surface area (Å²) in [7, 11) is 0. The van der Waals surface area contributed by atoms with Crippen LogP contribution in [0.2, 0.25) is 5.02 Å². The lowest BCUT2D eigenvalue weighted by molar-refractivity contribution is -0.153. The zero-order chi connectivity index (χ0) is 27.1. The van der Waals surface area contributed by atoms with Crippen LogP contribution < -0.4 is 4.90 Å². The first-order valence-corrected chi connectivity index (χ1v) is 14.0. The van der Waals surface area contributed by atoms with Gasteiger partial charge in [-0.05, 0) is 37.3 Å². The third kappa shape index (κ3) is 4.41. The van der Waals surface area contributed by atoms with Gasteiger partial charge in [0.2, 0.25) is 5.91 Å². The van der Waals surface area contributed by atoms with Gasteiger partial charge < -0.3 is 19.6 Å². The lowest BCUT2D eigenvalue weighted by Gasteiger charge is -2.41. The molecular formula is C28H35ClN2O5S. The van der Waals surface area contributed by atoms with E-state index in [0.29, 0.717) is 23.6 Å². The molecule has 2 amide bonds. The fraction of sp³-hybridized carbons (Fsp3) is 0.536. The number of thioether (sulfide) groups is 1. The van der Waals surface area contributed by atoms with Crippen LogP contribution in [-0.2, 0) is 19.1 Å². The molecule has 3 heterocycles. The van der Waals surface area contributed by atoms with Crippen molar-refractivity contribution in [2.75, 3.05) is 24.7 Å². The number of likely N-dealkylation sites (tertiary alicyclic amines) is 1. The van der Waals surface area contributed by atoms with Gasteiger partial charge in [-0.1, -0.05) is 56.3 Å². The molecular weight excluding hydrogens is 512 g/mol. The number of amides is 2. The molecule has 7 nitrogen and oxygen atoms in total. The van der Waals surface area contributed by atoms with Gasteiger partial charge in [-0.2, -0.15) is 0 Å². The summed E-state index contributed by atoms with van der Waals surface area (Å²) in [6, 6.07) is 4.00. The average Bonchev–Trinajstić information content (AvgIpc) is 3.49. The number of halogens is 1. The van der Waals surface area contributed by atoms with E-state index >= 15 is 0 Å². The molecule has 0 aromatic heterocycles. The molecule has 0 aliphatic carbocycles. The first-order chi connectivity index (χ1) is 17.6. The first kappa shape index (κ1) is 27.7. The number of fused-ring (bicyclic) bond motifs is 1. The number of aliphatic hydroxyl groups is 1. The van der Waals surface area contributed by atoms with Gasteiger partial charge >= 0.3 is 5.97 Å². The van der Waals surface area contributed by atoms with Gasteiger partial charge in [0.25, 0.3) is 5.91 Å².